The first-order chi connectivity index (χ1) is 16.8. The van der Waals surface area contributed by atoms with Crippen LogP contribution < -0.4 is 21.4 Å². The normalized spacial score (nSPS) is 11.7. The summed E-state index contributed by atoms with van der Waals surface area (Å²) >= 11 is 5.98. The number of carbonyl (C=O) groups excluding carboxylic acids is 1. The fourth-order valence-electron chi connectivity index (χ4n) is 3.25. The summed E-state index contributed by atoms with van der Waals surface area (Å²) < 4.78 is 17.5. The van der Waals surface area contributed by atoms with Crippen molar-refractivity contribution in [2.24, 2.45) is 5.92 Å². The number of aromatic nitrogens is 3. The number of nitrogens with zero attached hydrogens (tertiary/aromatic N) is 3. The highest BCUT2D eigenvalue weighted by molar-refractivity contribution is 6.30. The molecule has 1 N–H and O–H groups in total. The molecule has 0 amide bonds. The molecule has 3 rings (SSSR count). The van der Waals surface area contributed by atoms with Crippen molar-refractivity contribution in [3.63, 3.8) is 0 Å². The summed E-state index contributed by atoms with van der Waals surface area (Å²) in [5, 5.41) is 3.59. The third-order valence-corrected chi connectivity index (χ3v) is 5.38. The lowest BCUT2D eigenvalue weighted by Gasteiger charge is -2.17. The molecule has 186 valence electrons. The third kappa shape index (κ3) is 6.93. The maximum Gasteiger partial charge on any atom is 0.354 e. The minimum atomic E-state index is -0.778. The molecule has 0 aliphatic heterocycles. The van der Waals surface area contributed by atoms with Gasteiger partial charge in [-0.15, -0.1) is 0 Å². The van der Waals surface area contributed by atoms with Crippen LogP contribution in [0.2, 0.25) is 5.02 Å². The van der Waals surface area contributed by atoms with Gasteiger partial charge >= 0.3 is 17.3 Å². The number of ether oxygens (including phenoxy) is 3. The Morgan fingerprint density at radius 2 is 1.71 bits per heavy atom. The smallest absolute Gasteiger partial charge is 0.354 e. The van der Waals surface area contributed by atoms with Gasteiger partial charge in [0.15, 0.2) is 0 Å². The Morgan fingerprint density at radius 3 is 2.34 bits per heavy atom. The summed E-state index contributed by atoms with van der Waals surface area (Å²) in [6.45, 7) is 2.41. The number of esters is 1. The van der Waals surface area contributed by atoms with Crippen LogP contribution in [0.3, 0.4) is 0 Å². The molecule has 3 aromatic rings. The molecule has 0 bridgehead atoms. The zero-order valence-corrected chi connectivity index (χ0v) is 20.4. The van der Waals surface area contributed by atoms with E-state index in [4.69, 9.17) is 25.8 Å². The molecular formula is C24H27ClN4O6. The molecule has 1 aromatic heterocycles. The SMILES string of the molecule is COCCOc1ccc(Nc2nc(=O)n(C[C@H](C)C(=O)OC)c(=O)n2Cc2ccc(Cl)cc2)cc1. The average molecular weight is 503 g/mol. The van der Waals surface area contributed by atoms with Crippen LogP contribution in [-0.4, -0.2) is 47.5 Å². The largest absolute Gasteiger partial charge is 0.491 e. The molecule has 2 aromatic carbocycles. The van der Waals surface area contributed by atoms with Gasteiger partial charge in [0.05, 0.1) is 26.2 Å². The number of rotatable bonds is 11. The Bertz CT molecular complexity index is 1250. The Hall–Kier alpha value is -3.63. The van der Waals surface area contributed by atoms with Crippen LogP contribution in [0.15, 0.2) is 58.1 Å². The first kappa shape index (κ1) is 26.0. The standard InChI is InChI=1S/C24H27ClN4O6/c1-16(21(30)34-3)14-29-23(31)27-22(26-19-8-10-20(11-9-19)35-13-12-33-2)28(24(29)32)15-17-4-6-18(25)7-5-17/h4-11,16H,12-15H2,1-3H3,(H,26,27,31)/t16-/m0/s1. The lowest BCUT2D eigenvalue weighted by Crippen LogP contribution is -2.44. The van der Waals surface area contributed by atoms with Crippen molar-refractivity contribution in [1.29, 1.82) is 0 Å². The summed E-state index contributed by atoms with van der Waals surface area (Å²) in [6, 6.07) is 13.9. The molecule has 11 heteroatoms. The van der Waals surface area contributed by atoms with E-state index >= 15 is 0 Å². The number of benzene rings is 2. The summed E-state index contributed by atoms with van der Waals surface area (Å²) in [7, 11) is 2.84. The van der Waals surface area contributed by atoms with E-state index in [-0.39, 0.29) is 19.0 Å². The van der Waals surface area contributed by atoms with Gasteiger partial charge in [-0.1, -0.05) is 30.7 Å². The number of hydrogen-bond donors (Lipinski definition) is 1. The lowest BCUT2D eigenvalue weighted by atomic mass is 10.2. The zero-order valence-electron chi connectivity index (χ0n) is 19.7. The first-order valence-electron chi connectivity index (χ1n) is 10.8. The zero-order chi connectivity index (χ0) is 25.4. The number of methoxy groups -OCH3 is 2. The molecule has 0 unspecified atom stereocenters. The maximum atomic E-state index is 13.4. The minimum Gasteiger partial charge on any atom is -0.491 e. The molecular weight excluding hydrogens is 476 g/mol. The first-order valence-corrected chi connectivity index (χ1v) is 11.2. The molecule has 0 aliphatic rings. The predicted molar refractivity (Wildman–Crippen MR) is 132 cm³/mol. The van der Waals surface area contributed by atoms with Gasteiger partial charge in [-0.2, -0.15) is 4.98 Å². The van der Waals surface area contributed by atoms with Crippen LogP contribution in [0.5, 0.6) is 5.75 Å². The summed E-state index contributed by atoms with van der Waals surface area (Å²) in [5.74, 6) is -0.535. The maximum absolute atomic E-state index is 13.4. The average Bonchev–Trinajstić information content (AvgIpc) is 2.85. The van der Waals surface area contributed by atoms with Crippen LogP contribution in [-0.2, 0) is 27.4 Å². The fraction of sp³-hybridized carbons (Fsp3) is 0.333. The molecule has 10 nitrogen and oxygen atoms in total. The molecule has 0 radical (unpaired) electrons. The van der Waals surface area contributed by atoms with Crippen LogP contribution in [0.4, 0.5) is 11.6 Å². The Kier molecular flexibility index (Phi) is 9.04. The van der Waals surface area contributed by atoms with Gasteiger partial charge < -0.3 is 19.5 Å². The van der Waals surface area contributed by atoms with Gasteiger partial charge in [-0.25, -0.2) is 14.2 Å². The number of halogens is 1. The van der Waals surface area contributed by atoms with Crippen molar-refractivity contribution < 1.29 is 19.0 Å². The summed E-state index contributed by atoms with van der Waals surface area (Å²) in [5.41, 5.74) is -0.0202. The number of carbonyl (C=O) groups is 1. The van der Waals surface area contributed by atoms with Crippen molar-refractivity contribution in [2.75, 3.05) is 32.8 Å². The number of anilines is 2. The van der Waals surface area contributed by atoms with Gasteiger partial charge in [-0.3, -0.25) is 9.36 Å². The van der Waals surface area contributed by atoms with Gasteiger partial charge in [0, 0.05) is 24.4 Å². The van der Waals surface area contributed by atoms with E-state index in [9.17, 15) is 14.4 Å². The summed E-state index contributed by atoms with van der Waals surface area (Å²) in [6.07, 6.45) is 0. The Balaban J connectivity index is 1.96. The van der Waals surface area contributed by atoms with Gasteiger partial charge in [0.1, 0.15) is 12.4 Å². The Labute approximate surface area is 207 Å². The third-order valence-electron chi connectivity index (χ3n) is 5.13. The van der Waals surface area contributed by atoms with Gasteiger partial charge in [-0.05, 0) is 42.0 Å². The summed E-state index contributed by atoms with van der Waals surface area (Å²) in [4.78, 5) is 42.1. The van der Waals surface area contributed by atoms with E-state index in [0.717, 1.165) is 10.1 Å². The highest BCUT2D eigenvalue weighted by Gasteiger charge is 2.20. The second-order valence-corrected chi connectivity index (χ2v) is 8.18. The van der Waals surface area contributed by atoms with E-state index in [1.54, 1.807) is 62.6 Å². The highest BCUT2D eigenvalue weighted by atomic mass is 35.5. The molecule has 0 aliphatic carbocycles. The number of hydrogen-bond acceptors (Lipinski definition) is 8. The Morgan fingerprint density at radius 1 is 1.03 bits per heavy atom. The minimum absolute atomic E-state index is 0.0602. The molecule has 0 fully saturated rings. The molecule has 0 spiro atoms. The quantitative estimate of drug-likeness (QED) is 0.314. The second-order valence-electron chi connectivity index (χ2n) is 7.74. The molecule has 0 saturated heterocycles. The van der Waals surface area contributed by atoms with Gasteiger partial charge in [0.2, 0.25) is 5.95 Å². The van der Waals surface area contributed by atoms with Gasteiger partial charge in [0.25, 0.3) is 0 Å². The van der Waals surface area contributed by atoms with Crippen molar-refractivity contribution in [1.82, 2.24) is 14.1 Å². The van der Waals surface area contributed by atoms with Crippen LogP contribution >= 0.6 is 11.6 Å². The molecule has 1 heterocycles. The van der Waals surface area contributed by atoms with E-state index < -0.39 is 23.3 Å². The van der Waals surface area contributed by atoms with E-state index in [2.05, 4.69) is 10.3 Å². The molecule has 0 saturated carbocycles. The van der Waals surface area contributed by atoms with Crippen molar-refractivity contribution in [3.05, 3.63) is 80.1 Å². The second kappa shape index (κ2) is 12.2. The number of nitrogens with one attached hydrogen (secondary N) is 1. The highest BCUT2D eigenvalue weighted by Crippen LogP contribution is 2.19. The van der Waals surface area contributed by atoms with Crippen LogP contribution in [0, 0.1) is 5.92 Å². The van der Waals surface area contributed by atoms with Crippen molar-refractivity contribution >= 4 is 29.2 Å². The monoisotopic (exact) mass is 502 g/mol. The van der Waals surface area contributed by atoms with Crippen molar-refractivity contribution in [3.8, 4) is 5.75 Å². The predicted octanol–water partition coefficient (Wildman–Crippen LogP) is 2.68. The topological polar surface area (TPSA) is 114 Å². The lowest BCUT2D eigenvalue weighted by molar-refractivity contribution is -0.145. The molecule has 35 heavy (non-hydrogen) atoms. The van der Waals surface area contributed by atoms with E-state index in [0.29, 0.717) is 29.7 Å². The van der Waals surface area contributed by atoms with Crippen molar-refractivity contribution in [2.45, 2.75) is 20.0 Å². The van der Waals surface area contributed by atoms with Crippen LogP contribution in [0.1, 0.15) is 12.5 Å². The van der Waals surface area contributed by atoms with Crippen LogP contribution in [0.25, 0.3) is 0 Å². The van der Waals surface area contributed by atoms with E-state index in [1.165, 1.54) is 11.7 Å². The van der Waals surface area contributed by atoms with E-state index in [1.807, 2.05) is 0 Å². The molecule has 1 atom stereocenters. The fourth-order valence-corrected chi connectivity index (χ4v) is 3.38.